The fraction of sp³-hybridized carbons (Fsp3) is 0.250. The van der Waals surface area contributed by atoms with E-state index in [1.54, 1.807) is 19.1 Å². The van der Waals surface area contributed by atoms with Crippen molar-refractivity contribution in [3.8, 4) is 5.75 Å². The van der Waals surface area contributed by atoms with Crippen molar-refractivity contribution in [3.63, 3.8) is 0 Å². The normalized spacial score (nSPS) is 11.8. The fourth-order valence-electron chi connectivity index (χ4n) is 1.99. The van der Waals surface area contributed by atoms with Crippen molar-refractivity contribution in [1.29, 1.82) is 0 Å². The number of hydrogen-bond acceptors (Lipinski definition) is 6. The van der Waals surface area contributed by atoms with E-state index in [2.05, 4.69) is 10.1 Å². The highest BCUT2D eigenvalue weighted by Crippen LogP contribution is 2.22. The first kappa shape index (κ1) is 17.9. The van der Waals surface area contributed by atoms with E-state index in [0.717, 1.165) is 9.98 Å². The van der Waals surface area contributed by atoms with Crippen LogP contribution >= 0.6 is 0 Å². The number of hydrazone groups is 1. The molecular formula is C16H19N3O4S. The van der Waals surface area contributed by atoms with E-state index in [4.69, 9.17) is 0 Å². The lowest BCUT2D eigenvalue weighted by atomic mass is 10.1. The standard InChI is InChI=1S/C16H19N3O4S/c1-11-4-6-14(7-5-11)24(22,23)19(3)18-9-15-13(10-20)8-17-12(2)16(15)21/h4-9,20-21H,10H2,1-3H3/b18-9+. The molecule has 128 valence electrons. The predicted molar refractivity (Wildman–Crippen MR) is 90.3 cm³/mol. The quantitative estimate of drug-likeness (QED) is 0.630. The molecule has 24 heavy (non-hydrogen) atoms. The Morgan fingerprint density at radius 1 is 1.25 bits per heavy atom. The third-order valence-electron chi connectivity index (χ3n) is 3.54. The number of aromatic nitrogens is 1. The lowest BCUT2D eigenvalue weighted by Gasteiger charge is -2.14. The summed E-state index contributed by atoms with van der Waals surface area (Å²) in [4.78, 5) is 4.05. The molecule has 2 rings (SSSR count). The van der Waals surface area contributed by atoms with E-state index in [-0.39, 0.29) is 22.8 Å². The van der Waals surface area contributed by atoms with Crippen molar-refractivity contribution < 1.29 is 18.6 Å². The Labute approximate surface area is 141 Å². The zero-order valence-electron chi connectivity index (χ0n) is 13.6. The zero-order chi connectivity index (χ0) is 17.9. The smallest absolute Gasteiger partial charge is 0.278 e. The molecule has 2 N–H and O–H groups in total. The molecule has 0 fully saturated rings. The number of nitrogens with zero attached hydrogens (tertiary/aromatic N) is 3. The van der Waals surface area contributed by atoms with E-state index in [9.17, 15) is 18.6 Å². The summed E-state index contributed by atoms with van der Waals surface area (Å²) in [5, 5.41) is 23.3. The molecule has 0 spiro atoms. The topological polar surface area (TPSA) is 103 Å². The summed E-state index contributed by atoms with van der Waals surface area (Å²) in [6.07, 6.45) is 2.60. The van der Waals surface area contributed by atoms with Crippen LogP contribution in [0.15, 0.2) is 40.5 Å². The Hall–Kier alpha value is -2.45. The highest BCUT2D eigenvalue weighted by atomic mass is 32.2. The van der Waals surface area contributed by atoms with Crippen molar-refractivity contribution in [2.24, 2.45) is 5.10 Å². The van der Waals surface area contributed by atoms with Gasteiger partial charge in [0.15, 0.2) is 0 Å². The second-order valence-corrected chi connectivity index (χ2v) is 7.24. The summed E-state index contributed by atoms with van der Waals surface area (Å²) in [6.45, 7) is 3.11. The van der Waals surface area contributed by atoms with Gasteiger partial charge in [-0.25, -0.2) is 0 Å². The van der Waals surface area contributed by atoms with Crippen LogP contribution in [0.3, 0.4) is 0 Å². The molecule has 0 aliphatic carbocycles. The zero-order valence-corrected chi connectivity index (χ0v) is 14.4. The molecule has 0 atom stereocenters. The summed E-state index contributed by atoms with van der Waals surface area (Å²) >= 11 is 0. The van der Waals surface area contributed by atoms with Gasteiger partial charge in [0, 0.05) is 24.4 Å². The average molecular weight is 349 g/mol. The van der Waals surface area contributed by atoms with Gasteiger partial charge in [-0.3, -0.25) is 4.98 Å². The Morgan fingerprint density at radius 3 is 2.46 bits per heavy atom. The molecule has 0 saturated carbocycles. The number of aliphatic hydroxyl groups excluding tert-OH is 1. The Bertz CT molecular complexity index is 862. The molecule has 1 aromatic carbocycles. The van der Waals surface area contributed by atoms with Gasteiger partial charge in [0.1, 0.15) is 5.75 Å². The minimum atomic E-state index is -3.79. The van der Waals surface area contributed by atoms with Crippen LogP contribution in [-0.2, 0) is 16.6 Å². The van der Waals surface area contributed by atoms with Gasteiger partial charge in [-0.15, -0.1) is 0 Å². The van der Waals surface area contributed by atoms with Gasteiger partial charge in [0.05, 0.1) is 23.4 Å². The number of aromatic hydroxyl groups is 1. The number of aryl methyl sites for hydroxylation is 2. The molecule has 0 aliphatic heterocycles. The predicted octanol–water partition coefficient (Wildman–Crippen LogP) is 1.55. The third-order valence-corrected chi connectivity index (χ3v) is 5.20. The molecule has 1 heterocycles. The summed E-state index contributed by atoms with van der Waals surface area (Å²) in [6, 6.07) is 6.41. The minimum Gasteiger partial charge on any atom is -0.505 e. The Balaban J connectivity index is 2.35. The van der Waals surface area contributed by atoms with Crippen LogP contribution in [0.5, 0.6) is 5.75 Å². The van der Waals surface area contributed by atoms with Crippen LogP contribution < -0.4 is 0 Å². The highest BCUT2D eigenvalue weighted by Gasteiger charge is 2.19. The SMILES string of the molecule is Cc1ccc(S(=O)(=O)N(C)/N=C/c2c(CO)cnc(C)c2O)cc1. The van der Waals surface area contributed by atoms with E-state index < -0.39 is 10.0 Å². The van der Waals surface area contributed by atoms with Crippen LogP contribution in [0.2, 0.25) is 0 Å². The largest absolute Gasteiger partial charge is 0.505 e. The summed E-state index contributed by atoms with van der Waals surface area (Å²) in [7, 11) is -2.49. The third kappa shape index (κ3) is 3.55. The van der Waals surface area contributed by atoms with Crippen molar-refractivity contribution in [2.45, 2.75) is 25.3 Å². The van der Waals surface area contributed by atoms with E-state index in [1.807, 2.05) is 6.92 Å². The Kier molecular flexibility index (Phi) is 5.20. The summed E-state index contributed by atoms with van der Waals surface area (Å²) in [5.41, 5.74) is 1.89. The lowest BCUT2D eigenvalue weighted by molar-refractivity contribution is 0.280. The van der Waals surface area contributed by atoms with Gasteiger partial charge in [-0.1, -0.05) is 17.7 Å². The highest BCUT2D eigenvalue weighted by molar-refractivity contribution is 7.89. The number of benzene rings is 1. The second kappa shape index (κ2) is 6.98. The molecule has 2 aromatic rings. The molecule has 1 aromatic heterocycles. The van der Waals surface area contributed by atoms with Crippen LogP contribution in [0.1, 0.15) is 22.4 Å². The second-order valence-electron chi connectivity index (χ2n) is 5.29. The molecular weight excluding hydrogens is 330 g/mol. The average Bonchev–Trinajstić information content (AvgIpc) is 2.56. The molecule has 0 bridgehead atoms. The van der Waals surface area contributed by atoms with E-state index >= 15 is 0 Å². The number of rotatable bonds is 5. The number of aliphatic hydroxyl groups is 1. The number of pyridine rings is 1. The number of sulfonamides is 1. The number of hydrogen-bond donors (Lipinski definition) is 2. The molecule has 0 aliphatic rings. The van der Waals surface area contributed by atoms with E-state index in [1.165, 1.54) is 31.6 Å². The van der Waals surface area contributed by atoms with Crippen molar-refractivity contribution in [3.05, 3.63) is 52.8 Å². The molecule has 0 amide bonds. The Morgan fingerprint density at radius 2 is 1.88 bits per heavy atom. The van der Waals surface area contributed by atoms with Crippen molar-refractivity contribution in [2.75, 3.05) is 7.05 Å². The first-order valence-electron chi connectivity index (χ1n) is 7.15. The first-order valence-corrected chi connectivity index (χ1v) is 8.59. The summed E-state index contributed by atoms with van der Waals surface area (Å²) in [5.74, 6) is -0.147. The molecule has 7 nitrogen and oxygen atoms in total. The van der Waals surface area contributed by atoms with Crippen LogP contribution in [-0.4, -0.2) is 41.3 Å². The minimum absolute atomic E-state index is 0.116. The van der Waals surface area contributed by atoms with Crippen molar-refractivity contribution >= 4 is 16.2 Å². The van der Waals surface area contributed by atoms with Gasteiger partial charge in [-0.05, 0) is 26.0 Å². The van der Waals surface area contributed by atoms with Gasteiger partial charge >= 0.3 is 0 Å². The summed E-state index contributed by atoms with van der Waals surface area (Å²) < 4.78 is 25.7. The van der Waals surface area contributed by atoms with Gasteiger partial charge in [0.2, 0.25) is 0 Å². The maximum Gasteiger partial charge on any atom is 0.278 e. The monoisotopic (exact) mass is 349 g/mol. The molecule has 8 heteroatoms. The lowest BCUT2D eigenvalue weighted by Crippen LogP contribution is -2.22. The van der Waals surface area contributed by atoms with Gasteiger partial charge in [-0.2, -0.15) is 17.9 Å². The molecule has 0 radical (unpaired) electrons. The van der Waals surface area contributed by atoms with Crippen LogP contribution in [0.25, 0.3) is 0 Å². The fourth-order valence-corrected chi connectivity index (χ4v) is 2.94. The molecule has 0 unspecified atom stereocenters. The maximum atomic E-state index is 12.5. The molecule has 0 saturated heterocycles. The maximum absolute atomic E-state index is 12.5. The van der Waals surface area contributed by atoms with Crippen LogP contribution in [0, 0.1) is 13.8 Å². The van der Waals surface area contributed by atoms with Crippen molar-refractivity contribution in [1.82, 2.24) is 9.40 Å². The van der Waals surface area contributed by atoms with Crippen LogP contribution in [0.4, 0.5) is 0 Å². The van der Waals surface area contributed by atoms with E-state index in [0.29, 0.717) is 11.3 Å². The first-order chi connectivity index (χ1) is 11.3. The van der Waals surface area contributed by atoms with Gasteiger partial charge in [0.25, 0.3) is 10.0 Å². The van der Waals surface area contributed by atoms with Gasteiger partial charge < -0.3 is 10.2 Å².